The van der Waals surface area contributed by atoms with Crippen LogP contribution in [0.1, 0.15) is 18.1 Å². The zero-order chi connectivity index (χ0) is 20.0. The van der Waals surface area contributed by atoms with Crippen LogP contribution in [0.5, 0.6) is 5.75 Å². The highest BCUT2D eigenvalue weighted by Crippen LogP contribution is 2.33. The van der Waals surface area contributed by atoms with Crippen LogP contribution in [0.25, 0.3) is 0 Å². The van der Waals surface area contributed by atoms with Gasteiger partial charge in [0, 0.05) is 18.5 Å². The molecule has 27 heavy (non-hydrogen) atoms. The molecule has 0 fully saturated rings. The summed E-state index contributed by atoms with van der Waals surface area (Å²) in [5.74, 6) is 0.720. The second kappa shape index (κ2) is 9.32. The Morgan fingerprint density at radius 2 is 2.11 bits per heavy atom. The van der Waals surface area contributed by atoms with Crippen molar-refractivity contribution in [1.82, 2.24) is 10.3 Å². The minimum absolute atomic E-state index is 0.0719. The van der Waals surface area contributed by atoms with E-state index >= 15 is 0 Å². The Bertz CT molecular complexity index is 802. The highest BCUT2D eigenvalue weighted by Gasteiger charge is 2.31. The van der Waals surface area contributed by atoms with Gasteiger partial charge in [-0.05, 0) is 37.6 Å². The number of thioether (sulfide) groups is 1. The van der Waals surface area contributed by atoms with E-state index in [4.69, 9.17) is 16.3 Å². The van der Waals surface area contributed by atoms with Gasteiger partial charge in [0.05, 0.1) is 10.6 Å². The van der Waals surface area contributed by atoms with Crippen molar-refractivity contribution < 1.29 is 22.7 Å². The number of hydrogen-bond acceptors (Lipinski definition) is 4. The minimum Gasteiger partial charge on any atom is -0.481 e. The molecular formula is C18H18ClF3N2O2S. The Labute approximate surface area is 164 Å². The van der Waals surface area contributed by atoms with Gasteiger partial charge in [-0.1, -0.05) is 23.7 Å². The normalized spacial score (nSPS) is 12.5. The van der Waals surface area contributed by atoms with E-state index in [-0.39, 0.29) is 16.0 Å². The van der Waals surface area contributed by atoms with Gasteiger partial charge in [-0.15, -0.1) is 11.8 Å². The molecular weight excluding hydrogens is 401 g/mol. The first-order chi connectivity index (χ1) is 12.7. The second-order valence-electron chi connectivity index (χ2n) is 5.72. The molecule has 0 saturated carbocycles. The van der Waals surface area contributed by atoms with Gasteiger partial charge in [0.2, 0.25) is 0 Å². The summed E-state index contributed by atoms with van der Waals surface area (Å²) in [4.78, 5) is 15.8. The number of rotatable bonds is 7. The lowest BCUT2D eigenvalue weighted by Crippen LogP contribution is -2.37. The van der Waals surface area contributed by atoms with Gasteiger partial charge < -0.3 is 10.1 Å². The second-order valence-corrected chi connectivity index (χ2v) is 7.22. The molecule has 0 radical (unpaired) electrons. The number of benzene rings is 1. The van der Waals surface area contributed by atoms with Crippen LogP contribution < -0.4 is 10.1 Å². The zero-order valence-electron chi connectivity index (χ0n) is 14.6. The molecule has 0 aliphatic carbocycles. The SMILES string of the molecule is Cc1cccc(O[C@H](C)C(=O)NCCSc2ncc(C(F)(F)F)cc2Cl)c1. The average Bonchev–Trinajstić information content (AvgIpc) is 2.58. The highest BCUT2D eigenvalue weighted by atomic mass is 35.5. The number of nitrogens with one attached hydrogen (secondary N) is 1. The third-order valence-electron chi connectivity index (χ3n) is 3.45. The van der Waals surface area contributed by atoms with E-state index in [1.807, 2.05) is 25.1 Å². The molecule has 0 bridgehead atoms. The van der Waals surface area contributed by atoms with Gasteiger partial charge in [0.1, 0.15) is 10.8 Å². The molecule has 2 rings (SSSR count). The van der Waals surface area contributed by atoms with Gasteiger partial charge in [-0.25, -0.2) is 4.98 Å². The van der Waals surface area contributed by atoms with E-state index in [2.05, 4.69) is 10.3 Å². The molecule has 1 amide bonds. The predicted molar refractivity (Wildman–Crippen MR) is 99.3 cm³/mol. The molecule has 0 saturated heterocycles. The topological polar surface area (TPSA) is 51.2 Å². The summed E-state index contributed by atoms with van der Waals surface area (Å²) in [5.41, 5.74) is 0.129. The fraction of sp³-hybridized carbons (Fsp3) is 0.333. The van der Waals surface area contributed by atoms with Crippen LogP contribution in [-0.4, -0.2) is 29.3 Å². The number of aromatic nitrogens is 1. The van der Waals surface area contributed by atoms with Crippen LogP contribution in [0.3, 0.4) is 0 Å². The Morgan fingerprint density at radius 1 is 1.37 bits per heavy atom. The average molecular weight is 419 g/mol. The monoisotopic (exact) mass is 418 g/mol. The van der Waals surface area contributed by atoms with Crippen molar-refractivity contribution in [1.29, 1.82) is 0 Å². The maximum atomic E-state index is 12.6. The van der Waals surface area contributed by atoms with Crippen molar-refractivity contribution in [2.24, 2.45) is 0 Å². The van der Waals surface area contributed by atoms with Crippen molar-refractivity contribution in [3.05, 3.63) is 52.7 Å². The van der Waals surface area contributed by atoms with Crippen molar-refractivity contribution in [2.45, 2.75) is 31.2 Å². The van der Waals surface area contributed by atoms with E-state index in [0.717, 1.165) is 29.6 Å². The van der Waals surface area contributed by atoms with Crippen LogP contribution in [0.2, 0.25) is 5.02 Å². The maximum Gasteiger partial charge on any atom is 0.417 e. The summed E-state index contributed by atoms with van der Waals surface area (Å²) in [5, 5.41) is 2.92. The van der Waals surface area contributed by atoms with E-state index in [1.54, 1.807) is 13.0 Å². The predicted octanol–water partition coefficient (Wildman–Crippen LogP) is 4.74. The molecule has 146 valence electrons. The third-order valence-corrected chi connectivity index (χ3v) is 4.85. The fourth-order valence-electron chi connectivity index (χ4n) is 2.10. The summed E-state index contributed by atoms with van der Waals surface area (Å²) in [6.07, 6.45) is -4.42. The molecule has 4 nitrogen and oxygen atoms in total. The first-order valence-corrected chi connectivity index (χ1v) is 9.40. The lowest BCUT2D eigenvalue weighted by Gasteiger charge is -2.15. The summed E-state index contributed by atoms with van der Waals surface area (Å²) >= 11 is 7.00. The first kappa shape index (κ1) is 21.4. The van der Waals surface area contributed by atoms with Gasteiger partial charge in [-0.2, -0.15) is 13.2 Å². The smallest absolute Gasteiger partial charge is 0.417 e. The molecule has 9 heteroatoms. The quantitative estimate of drug-likeness (QED) is 0.521. The van der Waals surface area contributed by atoms with Crippen LogP contribution in [0.15, 0.2) is 41.6 Å². The van der Waals surface area contributed by atoms with Gasteiger partial charge in [-0.3, -0.25) is 4.79 Å². The van der Waals surface area contributed by atoms with E-state index in [0.29, 0.717) is 18.0 Å². The van der Waals surface area contributed by atoms with Crippen LogP contribution in [0.4, 0.5) is 13.2 Å². The third kappa shape index (κ3) is 6.62. The number of ether oxygens (including phenoxy) is 1. The first-order valence-electron chi connectivity index (χ1n) is 8.03. The number of nitrogens with zero attached hydrogens (tertiary/aromatic N) is 1. The fourth-order valence-corrected chi connectivity index (χ4v) is 3.15. The molecule has 1 aromatic carbocycles. The van der Waals surface area contributed by atoms with Crippen LogP contribution in [-0.2, 0) is 11.0 Å². The largest absolute Gasteiger partial charge is 0.481 e. The number of alkyl halides is 3. The molecule has 0 aliphatic heterocycles. The number of hydrogen-bond donors (Lipinski definition) is 1. The number of amides is 1. The van der Waals surface area contributed by atoms with Crippen molar-refractivity contribution in [2.75, 3.05) is 12.3 Å². The summed E-state index contributed by atoms with van der Waals surface area (Å²) in [6.45, 7) is 3.86. The Kier molecular flexibility index (Phi) is 7.38. The minimum atomic E-state index is -4.48. The highest BCUT2D eigenvalue weighted by molar-refractivity contribution is 7.99. The Balaban J connectivity index is 1.78. The molecule has 0 unspecified atom stereocenters. The molecule has 1 atom stereocenters. The van der Waals surface area contributed by atoms with E-state index in [1.165, 1.54) is 0 Å². The summed E-state index contributed by atoms with van der Waals surface area (Å²) in [6, 6.07) is 8.21. The molecule has 1 N–H and O–H groups in total. The van der Waals surface area contributed by atoms with Crippen molar-refractivity contribution in [3.63, 3.8) is 0 Å². The van der Waals surface area contributed by atoms with Gasteiger partial charge in [0.15, 0.2) is 6.10 Å². The van der Waals surface area contributed by atoms with Crippen molar-refractivity contribution in [3.8, 4) is 5.75 Å². The lowest BCUT2D eigenvalue weighted by molar-refractivity contribution is -0.137. The summed E-state index contributed by atoms with van der Waals surface area (Å²) < 4.78 is 43.3. The molecule has 0 aliphatic rings. The molecule has 1 heterocycles. The van der Waals surface area contributed by atoms with Gasteiger partial charge >= 0.3 is 6.18 Å². The molecule has 0 spiro atoms. The number of aryl methyl sites for hydroxylation is 1. The van der Waals surface area contributed by atoms with Crippen molar-refractivity contribution >= 4 is 29.3 Å². The van der Waals surface area contributed by atoms with Gasteiger partial charge in [0.25, 0.3) is 5.91 Å². The maximum absolute atomic E-state index is 12.6. The van der Waals surface area contributed by atoms with Crippen LogP contribution >= 0.6 is 23.4 Å². The number of carbonyl (C=O) groups is 1. The van der Waals surface area contributed by atoms with Crippen LogP contribution in [0, 0.1) is 6.92 Å². The standard InChI is InChI=1S/C18H18ClF3N2O2S/c1-11-4-3-5-14(8-11)26-12(2)16(25)23-6-7-27-17-15(19)9-13(10-24-17)18(20,21)22/h3-5,8-10,12H,6-7H2,1-2H3,(H,23,25)/t12-/m1/s1. The Morgan fingerprint density at radius 3 is 2.74 bits per heavy atom. The molecule has 2 aromatic rings. The summed E-state index contributed by atoms with van der Waals surface area (Å²) in [7, 11) is 0. The number of halogens is 4. The lowest BCUT2D eigenvalue weighted by atomic mass is 10.2. The van der Waals surface area contributed by atoms with E-state index in [9.17, 15) is 18.0 Å². The number of carbonyl (C=O) groups excluding carboxylic acids is 1. The number of pyridine rings is 1. The Hall–Kier alpha value is -1.93. The zero-order valence-corrected chi connectivity index (χ0v) is 16.2. The van der Waals surface area contributed by atoms with E-state index < -0.39 is 17.8 Å². The molecule has 1 aromatic heterocycles.